The lowest BCUT2D eigenvalue weighted by atomic mass is 10.1. The van der Waals surface area contributed by atoms with Gasteiger partial charge in [0.15, 0.2) is 0 Å². The van der Waals surface area contributed by atoms with Crippen LogP contribution in [0.15, 0.2) is 22.7 Å². The summed E-state index contributed by atoms with van der Waals surface area (Å²) in [5, 5.41) is 9.00. The fraction of sp³-hybridized carbons (Fsp3) is 0.385. The number of hydrogen-bond acceptors (Lipinski definition) is 4. The summed E-state index contributed by atoms with van der Waals surface area (Å²) < 4.78 is 0.634. The van der Waals surface area contributed by atoms with Gasteiger partial charge in [0.25, 0.3) is 0 Å². The molecule has 1 heterocycles. The molecule has 7 heteroatoms. The summed E-state index contributed by atoms with van der Waals surface area (Å²) in [4.78, 5) is 24.2. The van der Waals surface area contributed by atoms with Gasteiger partial charge in [-0.1, -0.05) is 0 Å². The number of hydrogen-bond donors (Lipinski definition) is 2. The first-order valence-electron chi connectivity index (χ1n) is 6.14. The third-order valence-electron chi connectivity index (χ3n) is 3.19. The molecule has 20 heavy (non-hydrogen) atoms. The predicted octanol–water partition coefficient (Wildman–Crippen LogP) is 1.94. The van der Waals surface area contributed by atoms with E-state index in [2.05, 4.69) is 20.8 Å². The van der Waals surface area contributed by atoms with E-state index in [1.807, 2.05) is 12.1 Å². The molecular weight excluding hydrogens is 344 g/mol. The molecule has 0 radical (unpaired) electrons. The van der Waals surface area contributed by atoms with E-state index in [9.17, 15) is 9.59 Å². The predicted molar refractivity (Wildman–Crippen MR) is 83.4 cm³/mol. The molecule has 1 saturated heterocycles. The highest BCUT2D eigenvalue weighted by Crippen LogP contribution is 2.29. The number of benzene rings is 1. The summed E-state index contributed by atoms with van der Waals surface area (Å²) in [5.41, 5.74) is 6.61. The third kappa shape index (κ3) is 3.46. The molecule has 0 aliphatic carbocycles. The van der Waals surface area contributed by atoms with Crippen LogP contribution in [0.5, 0.6) is 0 Å². The lowest BCUT2D eigenvalue weighted by molar-refractivity contribution is -0.137. The molecule has 0 bridgehead atoms. The van der Waals surface area contributed by atoms with Crippen LogP contribution in [0.2, 0.25) is 0 Å². The van der Waals surface area contributed by atoms with Crippen LogP contribution in [0.1, 0.15) is 16.8 Å². The fourth-order valence-corrected chi connectivity index (χ4v) is 3.87. The summed E-state index contributed by atoms with van der Waals surface area (Å²) in [6.07, 6.45) is 0.113. The molecule has 1 unspecified atom stereocenters. The van der Waals surface area contributed by atoms with Crippen LogP contribution >= 0.6 is 27.7 Å². The Bertz CT molecular complexity index is 538. The van der Waals surface area contributed by atoms with Crippen molar-refractivity contribution in [3.8, 4) is 0 Å². The average molecular weight is 359 g/mol. The first kappa shape index (κ1) is 15.2. The van der Waals surface area contributed by atoms with Gasteiger partial charge in [-0.3, -0.25) is 9.59 Å². The second kappa shape index (κ2) is 6.49. The molecule has 1 aromatic carbocycles. The zero-order valence-corrected chi connectivity index (χ0v) is 13.1. The van der Waals surface area contributed by atoms with Crippen LogP contribution in [0.3, 0.4) is 0 Å². The van der Waals surface area contributed by atoms with E-state index in [-0.39, 0.29) is 12.5 Å². The number of carboxylic acid groups (broad SMARTS) is 1. The van der Waals surface area contributed by atoms with E-state index < -0.39 is 11.9 Å². The van der Waals surface area contributed by atoms with Gasteiger partial charge in [0.2, 0.25) is 5.91 Å². The number of anilines is 1. The monoisotopic (exact) mass is 358 g/mol. The van der Waals surface area contributed by atoms with E-state index >= 15 is 0 Å². The second-order valence-corrected chi connectivity index (χ2v) is 6.55. The van der Waals surface area contributed by atoms with Gasteiger partial charge in [0.1, 0.15) is 0 Å². The number of rotatable bonds is 4. The first-order valence-corrected chi connectivity index (χ1v) is 8.09. The highest BCUT2D eigenvalue weighted by molar-refractivity contribution is 9.10. The van der Waals surface area contributed by atoms with Crippen LogP contribution in [0, 0.1) is 0 Å². The first-order chi connectivity index (χ1) is 9.49. The van der Waals surface area contributed by atoms with Crippen LogP contribution in [-0.2, 0) is 4.79 Å². The minimum atomic E-state index is -0.796. The molecular formula is C13H15BrN2O3S. The maximum Gasteiger partial charge on any atom is 0.305 e. The molecule has 1 aromatic rings. The van der Waals surface area contributed by atoms with Gasteiger partial charge in [-0.15, -0.1) is 0 Å². The maximum atomic E-state index is 11.2. The van der Waals surface area contributed by atoms with Crippen molar-refractivity contribution in [2.24, 2.45) is 5.73 Å². The number of carbonyl (C=O) groups is 2. The quantitative estimate of drug-likeness (QED) is 0.859. The molecule has 1 fully saturated rings. The number of halogens is 1. The Balaban J connectivity index is 2.26. The van der Waals surface area contributed by atoms with Crippen molar-refractivity contribution in [2.75, 3.05) is 23.0 Å². The van der Waals surface area contributed by atoms with Crippen molar-refractivity contribution in [2.45, 2.75) is 12.5 Å². The molecule has 1 atom stereocenters. The van der Waals surface area contributed by atoms with Crippen LogP contribution in [0.4, 0.5) is 5.69 Å². The summed E-state index contributed by atoms with van der Waals surface area (Å²) in [6, 6.07) is 5.28. The second-order valence-electron chi connectivity index (χ2n) is 4.55. The molecule has 0 aromatic heterocycles. The van der Waals surface area contributed by atoms with Crippen LogP contribution in [0.25, 0.3) is 0 Å². The Hall–Kier alpha value is -1.21. The SMILES string of the molecule is NC(=O)c1ccc(N2CCSCC2CC(=O)O)cc1Br. The maximum absolute atomic E-state index is 11.2. The van der Waals surface area contributed by atoms with Crippen molar-refractivity contribution in [3.63, 3.8) is 0 Å². The number of carboxylic acids is 1. The Morgan fingerprint density at radius 1 is 1.50 bits per heavy atom. The van der Waals surface area contributed by atoms with E-state index in [0.717, 1.165) is 23.7 Å². The van der Waals surface area contributed by atoms with Gasteiger partial charge < -0.3 is 15.7 Å². The molecule has 3 N–H and O–H groups in total. The number of amides is 1. The van der Waals surface area contributed by atoms with Gasteiger partial charge in [-0.2, -0.15) is 11.8 Å². The van der Waals surface area contributed by atoms with E-state index in [0.29, 0.717) is 10.0 Å². The zero-order valence-electron chi connectivity index (χ0n) is 10.7. The van der Waals surface area contributed by atoms with Gasteiger partial charge in [0.05, 0.1) is 12.0 Å². The molecule has 1 aliphatic heterocycles. The Kier molecular flexibility index (Phi) is 4.93. The molecule has 2 rings (SSSR count). The smallest absolute Gasteiger partial charge is 0.305 e. The minimum absolute atomic E-state index is 0.0300. The Labute approximate surface area is 129 Å². The number of primary amides is 1. The molecule has 108 valence electrons. The topological polar surface area (TPSA) is 83.6 Å². The molecule has 0 spiro atoms. The van der Waals surface area contributed by atoms with Crippen molar-refractivity contribution in [1.82, 2.24) is 0 Å². The van der Waals surface area contributed by atoms with Gasteiger partial charge >= 0.3 is 5.97 Å². The summed E-state index contributed by atoms with van der Waals surface area (Å²) in [7, 11) is 0. The highest BCUT2D eigenvalue weighted by Gasteiger charge is 2.25. The van der Waals surface area contributed by atoms with Crippen LogP contribution < -0.4 is 10.6 Å². The molecule has 1 aliphatic rings. The van der Waals surface area contributed by atoms with Crippen LogP contribution in [-0.4, -0.2) is 41.1 Å². The molecule has 5 nitrogen and oxygen atoms in total. The van der Waals surface area contributed by atoms with Crippen molar-refractivity contribution >= 4 is 45.3 Å². The normalized spacial score (nSPS) is 18.9. The lowest BCUT2D eigenvalue weighted by Gasteiger charge is -2.36. The summed E-state index contributed by atoms with van der Waals surface area (Å²) >= 11 is 5.10. The van der Waals surface area contributed by atoms with E-state index in [1.165, 1.54) is 0 Å². The number of aliphatic carboxylic acids is 1. The van der Waals surface area contributed by atoms with Gasteiger partial charge in [-0.25, -0.2) is 0 Å². The van der Waals surface area contributed by atoms with E-state index in [4.69, 9.17) is 10.8 Å². The van der Waals surface area contributed by atoms with Crippen molar-refractivity contribution in [3.05, 3.63) is 28.2 Å². The number of nitrogens with zero attached hydrogens (tertiary/aromatic N) is 1. The third-order valence-corrected chi connectivity index (χ3v) is 4.94. The molecule has 1 amide bonds. The lowest BCUT2D eigenvalue weighted by Crippen LogP contribution is -2.43. The summed E-state index contributed by atoms with van der Waals surface area (Å²) in [6.45, 7) is 0.797. The summed E-state index contributed by atoms with van der Waals surface area (Å²) in [5.74, 6) is 0.474. The average Bonchev–Trinajstić information content (AvgIpc) is 2.38. The highest BCUT2D eigenvalue weighted by atomic mass is 79.9. The van der Waals surface area contributed by atoms with Crippen molar-refractivity contribution < 1.29 is 14.7 Å². The Morgan fingerprint density at radius 2 is 2.25 bits per heavy atom. The number of nitrogens with two attached hydrogens (primary N) is 1. The standard InChI is InChI=1S/C13H15BrN2O3S/c14-11-5-8(1-2-10(11)13(15)19)16-3-4-20-7-9(16)6-12(17)18/h1-2,5,9H,3-4,6-7H2,(H2,15,19)(H,17,18). The van der Waals surface area contributed by atoms with Gasteiger partial charge in [0, 0.05) is 34.3 Å². The van der Waals surface area contributed by atoms with Gasteiger partial charge in [-0.05, 0) is 34.1 Å². The number of carbonyl (C=O) groups excluding carboxylic acids is 1. The molecule has 0 saturated carbocycles. The largest absolute Gasteiger partial charge is 0.481 e. The zero-order chi connectivity index (χ0) is 14.7. The fourth-order valence-electron chi connectivity index (χ4n) is 2.25. The minimum Gasteiger partial charge on any atom is -0.481 e. The Morgan fingerprint density at radius 3 is 2.85 bits per heavy atom. The van der Waals surface area contributed by atoms with E-state index in [1.54, 1.807) is 17.8 Å². The van der Waals surface area contributed by atoms with Crippen molar-refractivity contribution in [1.29, 1.82) is 0 Å². The number of thioether (sulfide) groups is 1.